The van der Waals surface area contributed by atoms with Crippen LogP contribution in [0.5, 0.6) is 0 Å². The van der Waals surface area contributed by atoms with E-state index in [-0.39, 0.29) is 11.9 Å². The van der Waals surface area contributed by atoms with Crippen LogP contribution in [-0.4, -0.2) is 43.7 Å². The van der Waals surface area contributed by atoms with Crippen LogP contribution in [0.25, 0.3) is 0 Å². The third-order valence-electron chi connectivity index (χ3n) is 4.85. The number of hydrogen-bond donors (Lipinski definition) is 1. The second-order valence-electron chi connectivity index (χ2n) is 6.22. The molecule has 3 rings (SSSR count). The summed E-state index contributed by atoms with van der Waals surface area (Å²) in [7, 11) is 1.77. The number of aromatic nitrogens is 2. The molecule has 0 unspecified atom stereocenters. The molecule has 0 bridgehead atoms. The SMILES string of the molecule is Cc1nn(C)cc1C(=O)N1[C@@H]2CCCC[C@@H]2C[C@H]1C(=O)O. The number of nitrogens with zero attached hydrogens (tertiary/aromatic N) is 3. The summed E-state index contributed by atoms with van der Waals surface area (Å²) in [4.78, 5) is 26.0. The van der Waals surface area contributed by atoms with Crippen molar-refractivity contribution in [3.8, 4) is 0 Å². The summed E-state index contributed by atoms with van der Waals surface area (Å²) in [6.45, 7) is 1.79. The minimum Gasteiger partial charge on any atom is -0.480 e. The Morgan fingerprint density at radius 2 is 2.05 bits per heavy atom. The first-order chi connectivity index (χ1) is 9.99. The van der Waals surface area contributed by atoms with Gasteiger partial charge in [0.2, 0.25) is 0 Å². The first kappa shape index (κ1) is 14.1. The number of amides is 1. The van der Waals surface area contributed by atoms with E-state index in [0.29, 0.717) is 23.6 Å². The van der Waals surface area contributed by atoms with Crippen molar-refractivity contribution in [2.24, 2.45) is 13.0 Å². The molecule has 21 heavy (non-hydrogen) atoms. The molecule has 0 radical (unpaired) electrons. The number of aryl methyl sites for hydroxylation is 2. The average molecular weight is 291 g/mol. The molecule has 1 aromatic heterocycles. The van der Waals surface area contributed by atoms with E-state index in [0.717, 1.165) is 25.7 Å². The maximum absolute atomic E-state index is 12.9. The summed E-state index contributed by atoms with van der Waals surface area (Å²) in [5, 5.41) is 13.7. The van der Waals surface area contributed by atoms with Crippen molar-refractivity contribution in [1.29, 1.82) is 0 Å². The first-order valence-corrected chi connectivity index (χ1v) is 7.54. The van der Waals surface area contributed by atoms with Crippen LogP contribution in [0.2, 0.25) is 0 Å². The Balaban J connectivity index is 1.94. The summed E-state index contributed by atoms with van der Waals surface area (Å²) in [6, 6.07) is -0.614. The Kier molecular flexibility index (Phi) is 3.47. The van der Waals surface area contributed by atoms with Crippen LogP contribution in [-0.2, 0) is 11.8 Å². The number of carbonyl (C=O) groups is 2. The number of likely N-dealkylation sites (tertiary alicyclic amines) is 1. The van der Waals surface area contributed by atoms with Gasteiger partial charge in [0.25, 0.3) is 5.91 Å². The number of hydrogen-bond acceptors (Lipinski definition) is 3. The van der Waals surface area contributed by atoms with E-state index in [1.165, 1.54) is 0 Å². The standard InChI is InChI=1S/C15H21N3O3/c1-9-11(8-17(2)16-9)14(19)18-12-6-4-3-5-10(12)7-13(18)15(20)21/h8,10,12-13H,3-7H2,1-2H3,(H,20,21)/t10-,12-,13+/m1/s1. The summed E-state index contributed by atoms with van der Waals surface area (Å²) in [5.74, 6) is -0.734. The van der Waals surface area contributed by atoms with E-state index in [9.17, 15) is 14.7 Å². The molecule has 1 aromatic rings. The van der Waals surface area contributed by atoms with Gasteiger partial charge in [0.1, 0.15) is 6.04 Å². The Hall–Kier alpha value is -1.85. The third kappa shape index (κ3) is 2.32. The number of fused-ring (bicyclic) bond motifs is 1. The van der Waals surface area contributed by atoms with Gasteiger partial charge in [0, 0.05) is 19.3 Å². The van der Waals surface area contributed by atoms with E-state index >= 15 is 0 Å². The number of carbonyl (C=O) groups excluding carboxylic acids is 1. The van der Waals surface area contributed by atoms with Gasteiger partial charge in [0.05, 0.1) is 11.3 Å². The number of carboxylic acid groups (broad SMARTS) is 1. The molecule has 6 nitrogen and oxygen atoms in total. The maximum Gasteiger partial charge on any atom is 0.326 e. The van der Waals surface area contributed by atoms with Gasteiger partial charge in [-0.1, -0.05) is 12.8 Å². The van der Waals surface area contributed by atoms with Crippen molar-refractivity contribution in [3.05, 3.63) is 17.5 Å². The Morgan fingerprint density at radius 3 is 2.67 bits per heavy atom. The van der Waals surface area contributed by atoms with Crippen molar-refractivity contribution in [3.63, 3.8) is 0 Å². The van der Waals surface area contributed by atoms with E-state index in [1.807, 2.05) is 0 Å². The van der Waals surface area contributed by atoms with E-state index in [4.69, 9.17) is 0 Å². The molecule has 1 saturated heterocycles. The molecule has 6 heteroatoms. The third-order valence-corrected chi connectivity index (χ3v) is 4.85. The lowest BCUT2D eigenvalue weighted by Crippen LogP contribution is -2.46. The monoisotopic (exact) mass is 291 g/mol. The highest BCUT2D eigenvalue weighted by Gasteiger charge is 2.48. The zero-order chi connectivity index (χ0) is 15.1. The summed E-state index contributed by atoms with van der Waals surface area (Å²) >= 11 is 0. The van der Waals surface area contributed by atoms with Gasteiger partial charge in [-0.05, 0) is 32.1 Å². The van der Waals surface area contributed by atoms with Crippen LogP contribution in [0.15, 0.2) is 6.20 Å². The van der Waals surface area contributed by atoms with Crippen LogP contribution in [0, 0.1) is 12.8 Å². The smallest absolute Gasteiger partial charge is 0.326 e. The zero-order valence-electron chi connectivity index (χ0n) is 12.5. The quantitative estimate of drug-likeness (QED) is 0.897. The molecule has 1 amide bonds. The molecule has 114 valence electrons. The highest BCUT2D eigenvalue weighted by atomic mass is 16.4. The maximum atomic E-state index is 12.9. The molecule has 1 aliphatic heterocycles. The fraction of sp³-hybridized carbons (Fsp3) is 0.667. The predicted molar refractivity (Wildman–Crippen MR) is 75.9 cm³/mol. The van der Waals surface area contributed by atoms with Crippen LogP contribution in [0.3, 0.4) is 0 Å². The Bertz CT molecular complexity index is 581. The van der Waals surface area contributed by atoms with Gasteiger partial charge in [-0.2, -0.15) is 5.10 Å². The summed E-state index contributed by atoms with van der Waals surface area (Å²) < 4.78 is 1.60. The lowest BCUT2D eigenvalue weighted by Gasteiger charge is -2.32. The minimum absolute atomic E-state index is 0.0759. The Labute approximate surface area is 123 Å². The largest absolute Gasteiger partial charge is 0.480 e. The second kappa shape index (κ2) is 5.16. The second-order valence-corrected chi connectivity index (χ2v) is 6.22. The molecule has 2 aliphatic rings. The minimum atomic E-state index is -0.890. The zero-order valence-corrected chi connectivity index (χ0v) is 12.5. The van der Waals surface area contributed by atoms with Gasteiger partial charge in [0.15, 0.2) is 0 Å². The van der Waals surface area contributed by atoms with E-state index in [2.05, 4.69) is 5.10 Å². The first-order valence-electron chi connectivity index (χ1n) is 7.54. The van der Waals surface area contributed by atoms with Crippen molar-refractivity contribution in [2.45, 2.75) is 51.1 Å². The number of rotatable bonds is 2. The highest BCUT2D eigenvalue weighted by molar-refractivity contribution is 5.98. The van der Waals surface area contributed by atoms with Crippen molar-refractivity contribution in [2.75, 3.05) is 0 Å². The molecule has 2 heterocycles. The molecule has 1 N–H and O–H groups in total. The molecule has 1 saturated carbocycles. The fourth-order valence-electron chi connectivity index (χ4n) is 3.92. The van der Waals surface area contributed by atoms with Crippen LogP contribution in [0.4, 0.5) is 0 Å². The molecular formula is C15H21N3O3. The normalized spacial score (nSPS) is 28.5. The number of carboxylic acids is 1. The molecular weight excluding hydrogens is 270 g/mol. The van der Waals surface area contributed by atoms with Crippen LogP contribution < -0.4 is 0 Å². The van der Waals surface area contributed by atoms with Gasteiger partial charge < -0.3 is 10.0 Å². The molecule has 3 atom stereocenters. The van der Waals surface area contributed by atoms with Crippen LogP contribution >= 0.6 is 0 Å². The van der Waals surface area contributed by atoms with Gasteiger partial charge in [-0.15, -0.1) is 0 Å². The van der Waals surface area contributed by atoms with Crippen LogP contribution in [0.1, 0.15) is 48.2 Å². The fourth-order valence-corrected chi connectivity index (χ4v) is 3.92. The molecule has 0 spiro atoms. The topological polar surface area (TPSA) is 75.4 Å². The summed E-state index contributed by atoms with van der Waals surface area (Å²) in [5.41, 5.74) is 1.18. The van der Waals surface area contributed by atoms with Gasteiger partial charge >= 0.3 is 5.97 Å². The summed E-state index contributed by atoms with van der Waals surface area (Å²) in [6.07, 6.45) is 6.44. The van der Waals surface area contributed by atoms with E-state index < -0.39 is 12.0 Å². The van der Waals surface area contributed by atoms with Crippen molar-refractivity contribution >= 4 is 11.9 Å². The highest BCUT2D eigenvalue weighted by Crippen LogP contribution is 2.40. The number of aliphatic carboxylic acids is 1. The molecule has 1 aliphatic carbocycles. The lowest BCUT2D eigenvalue weighted by molar-refractivity contribution is -0.141. The molecule has 2 fully saturated rings. The predicted octanol–water partition coefficient (Wildman–Crippen LogP) is 1.59. The van der Waals surface area contributed by atoms with Gasteiger partial charge in [-0.25, -0.2) is 4.79 Å². The van der Waals surface area contributed by atoms with Crippen molar-refractivity contribution in [1.82, 2.24) is 14.7 Å². The lowest BCUT2D eigenvalue weighted by atomic mass is 9.84. The Morgan fingerprint density at radius 1 is 1.33 bits per heavy atom. The van der Waals surface area contributed by atoms with E-state index in [1.54, 1.807) is 29.7 Å². The van der Waals surface area contributed by atoms with Gasteiger partial charge in [-0.3, -0.25) is 9.48 Å². The average Bonchev–Trinajstić information content (AvgIpc) is 2.98. The van der Waals surface area contributed by atoms with Crippen molar-refractivity contribution < 1.29 is 14.7 Å². The molecule has 0 aromatic carbocycles.